The molecule has 4 heteroatoms. The van der Waals surface area contributed by atoms with E-state index in [1.165, 1.54) is 0 Å². The molecule has 0 amide bonds. The van der Waals surface area contributed by atoms with Crippen LogP contribution in [-0.4, -0.2) is 33.2 Å². The summed E-state index contributed by atoms with van der Waals surface area (Å²) in [6, 6.07) is 7.74. The van der Waals surface area contributed by atoms with Gasteiger partial charge in [0.1, 0.15) is 5.54 Å². The largest absolute Gasteiger partial charge is 0.480 e. The zero-order valence-corrected chi connectivity index (χ0v) is 12.0. The molecule has 1 atom stereocenters. The minimum Gasteiger partial charge on any atom is -0.480 e. The van der Waals surface area contributed by atoms with Crippen LogP contribution in [0.1, 0.15) is 43.7 Å². The molecule has 1 aromatic carbocycles. The Morgan fingerprint density at radius 1 is 1.30 bits per heavy atom. The van der Waals surface area contributed by atoms with Crippen molar-refractivity contribution >= 4 is 5.97 Å². The molecule has 0 radical (unpaired) electrons. The van der Waals surface area contributed by atoms with Crippen LogP contribution in [0.25, 0.3) is 0 Å². The monoisotopic (exact) mass is 277 g/mol. The lowest BCUT2D eigenvalue weighted by Crippen LogP contribution is -2.49. The Bertz CT molecular complexity index is 457. The van der Waals surface area contributed by atoms with Crippen LogP contribution < -0.4 is 0 Å². The van der Waals surface area contributed by atoms with Gasteiger partial charge in [0.05, 0.1) is 6.61 Å². The average molecular weight is 277 g/mol. The van der Waals surface area contributed by atoms with Crippen LogP contribution in [-0.2, 0) is 17.9 Å². The van der Waals surface area contributed by atoms with Crippen molar-refractivity contribution in [1.82, 2.24) is 4.90 Å². The molecular formula is C16H23NO3. The number of hydrogen-bond donors (Lipinski definition) is 2. The van der Waals surface area contributed by atoms with Gasteiger partial charge in [-0.3, -0.25) is 9.69 Å². The van der Waals surface area contributed by atoms with Crippen LogP contribution in [0.4, 0.5) is 0 Å². The Labute approximate surface area is 120 Å². The summed E-state index contributed by atoms with van der Waals surface area (Å²) in [7, 11) is 0. The molecule has 1 fully saturated rings. The van der Waals surface area contributed by atoms with Crippen molar-refractivity contribution in [2.24, 2.45) is 0 Å². The van der Waals surface area contributed by atoms with E-state index in [1.807, 2.05) is 31.2 Å². The summed E-state index contributed by atoms with van der Waals surface area (Å²) in [5.74, 6) is -0.691. The lowest BCUT2D eigenvalue weighted by Gasteiger charge is -2.34. The maximum atomic E-state index is 11.7. The number of benzene rings is 1. The Balaban J connectivity index is 2.15. The van der Waals surface area contributed by atoms with E-state index in [2.05, 4.69) is 4.90 Å². The second-order valence-electron chi connectivity index (χ2n) is 5.59. The molecule has 2 N–H and O–H groups in total. The zero-order valence-electron chi connectivity index (χ0n) is 12.0. The molecule has 0 saturated carbocycles. The van der Waals surface area contributed by atoms with E-state index in [9.17, 15) is 9.90 Å². The van der Waals surface area contributed by atoms with Crippen molar-refractivity contribution in [3.8, 4) is 0 Å². The topological polar surface area (TPSA) is 60.8 Å². The highest BCUT2D eigenvalue weighted by Gasteiger charge is 2.46. The van der Waals surface area contributed by atoms with E-state index < -0.39 is 11.5 Å². The maximum Gasteiger partial charge on any atom is 0.324 e. The minimum absolute atomic E-state index is 0.0406. The maximum absolute atomic E-state index is 11.7. The lowest BCUT2D eigenvalue weighted by molar-refractivity contribution is -0.150. The number of nitrogens with zero attached hydrogens (tertiary/aromatic N) is 1. The van der Waals surface area contributed by atoms with Crippen LogP contribution in [0.3, 0.4) is 0 Å². The Morgan fingerprint density at radius 3 is 2.50 bits per heavy atom. The van der Waals surface area contributed by atoms with Gasteiger partial charge in [0, 0.05) is 6.54 Å². The average Bonchev–Trinajstić information content (AvgIpc) is 2.84. The van der Waals surface area contributed by atoms with Gasteiger partial charge >= 0.3 is 5.97 Å². The molecule has 0 bridgehead atoms. The van der Waals surface area contributed by atoms with Gasteiger partial charge in [0.25, 0.3) is 0 Å². The van der Waals surface area contributed by atoms with E-state index in [0.717, 1.165) is 36.9 Å². The van der Waals surface area contributed by atoms with Gasteiger partial charge in [0.2, 0.25) is 0 Å². The summed E-state index contributed by atoms with van der Waals surface area (Å²) in [5, 5.41) is 18.7. The molecule has 1 aliphatic rings. The Kier molecular flexibility index (Phi) is 4.78. The predicted octanol–water partition coefficient (Wildman–Crippen LogP) is 2.40. The van der Waals surface area contributed by atoms with Crippen molar-refractivity contribution in [3.63, 3.8) is 0 Å². The van der Waals surface area contributed by atoms with E-state index in [0.29, 0.717) is 13.0 Å². The van der Waals surface area contributed by atoms with Gasteiger partial charge in [-0.2, -0.15) is 0 Å². The summed E-state index contributed by atoms with van der Waals surface area (Å²) < 4.78 is 0. The second-order valence-corrected chi connectivity index (χ2v) is 5.59. The molecule has 0 aromatic heterocycles. The molecule has 110 valence electrons. The summed E-state index contributed by atoms with van der Waals surface area (Å²) in [6.45, 7) is 3.59. The van der Waals surface area contributed by atoms with Crippen LogP contribution >= 0.6 is 0 Å². The van der Waals surface area contributed by atoms with Gasteiger partial charge in [-0.15, -0.1) is 0 Å². The normalized spacial score (nSPS) is 23.1. The van der Waals surface area contributed by atoms with Crippen molar-refractivity contribution in [2.45, 2.75) is 51.3 Å². The highest BCUT2D eigenvalue weighted by Crippen LogP contribution is 2.35. The number of carboxylic acid groups (broad SMARTS) is 1. The highest BCUT2D eigenvalue weighted by atomic mass is 16.4. The van der Waals surface area contributed by atoms with E-state index in [4.69, 9.17) is 5.11 Å². The third-order valence-electron chi connectivity index (χ3n) is 4.26. The first-order valence-electron chi connectivity index (χ1n) is 7.29. The van der Waals surface area contributed by atoms with Gasteiger partial charge in [0.15, 0.2) is 0 Å². The molecule has 4 nitrogen and oxygen atoms in total. The van der Waals surface area contributed by atoms with Crippen molar-refractivity contribution in [3.05, 3.63) is 35.4 Å². The fourth-order valence-electron chi connectivity index (χ4n) is 3.18. The van der Waals surface area contributed by atoms with Gasteiger partial charge < -0.3 is 10.2 Å². The third-order valence-corrected chi connectivity index (χ3v) is 4.26. The molecule has 1 aliphatic heterocycles. The van der Waals surface area contributed by atoms with Crippen LogP contribution in [0.15, 0.2) is 24.3 Å². The van der Waals surface area contributed by atoms with Gasteiger partial charge in [-0.1, -0.05) is 37.6 Å². The van der Waals surface area contributed by atoms with Crippen LogP contribution in [0.2, 0.25) is 0 Å². The van der Waals surface area contributed by atoms with E-state index in [-0.39, 0.29) is 6.61 Å². The minimum atomic E-state index is -0.691. The molecular weight excluding hydrogens is 254 g/mol. The summed E-state index contributed by atoms with van der Waals surface area (Å²) in [6.07, 6.45) is 3.27. The van der Waals surface area contributed by atoms with Crippen LogP contribution in [0.5, 0.6) is 0 Å². The first-order chi connectivity index (χ1) is 9.62. The van der Waals surface area contributed by atoms with E-state index in [1.54, 1.807) is 0 Å². The second kappa shape index (κ2) is 6.37. The number of carboxylic acids is 1. The molecule has 20 heavy (non-hydrogen) atoms. The predicted molar refractivity (Wildman–Crippen MR) is 77.3 cm³/mol. The van der Waals surface area contributed by atoms with Crippen molar-refractivity contribution < 1.29 is 15.0 Å². The fourth-order valence-corrected chi connectivity index (χ4v) is 3.18. The molecule has 1 unspecified atom stereocenters. The number of hydrogen-bond acceptors (Lipinski definition) is 3. The van der Waals surface area contributed by atoms with E-state index >= 15 is 0 Å². The first-order valence-corrected chi connectivity index (χ1v) is 7.29. The molecule has 1 saturated heterocycles. The number of likely N-dealkylation sites (tertiary alicyclic amines) is 1. The number of aliphatic hydroxyl groups excluding tert-OH is 1. The van der Waals surface area contributed by atoms with Crippen LogP contribution in [0, 0.1) is 0 Å². The first kappa shape index (κ1) is 15.0. The highest BCUT2D eigenvalue weighted by molar-refractivity contribution is 5.79. The fraction of sp³-hybridized carbons (Fsp3) is 0.562. The summed E-state index contributed by atoms with van der Waals surface area (Å²) in [4.78, 5) is 13.8. The quantitative estimate of drug-likeness (QED) is 0.838. The summed E-state index contributed by atoms with van der Waals surface area (Å²) in [5.41, 5.74) is 1.30. The Hall–Kier alpha value is -1.39. The molecule has 0 aliphatic carbocycles. The molecule has 0 spiro atoms. The van der Waals surface area contributed by atoms with Gasteiger partial charge in [-0.05, 0) is 36.9 Å². The molecule has 1 heterocycles. The van der Waals surface area contributed by atoms with Crippen molar-refractivity contribution in [1.29, 1.82) is 0 Å². The zero-order chi connectivity index (χ0) is 14.6. The van der Waals surface area contributed by atoms with Crippen molar-refractivity contribution in [2.75, 3.05) is 6.54 Å². The molecule has 2 rings (SSSR count). The summed E-state index contributed by atoms with van der Waals surface area (Å²) >= 11 is 0. The molecule has 1 aromatic rings. The number of rotatable bonds is 6. The standard InChI is InChI=1S/C16H23NO3/c1-2-8-16(15(19)20)9-3-10-17(16)11-13-4-6-14(12-18)7-5-13/h4-7,18H,2-3,8-12H2,1H3,(H,19,20). The lowest BCUT2D eigenvalue weighted by atomic mass is 9.90. The SMILES string of the molecule is CCCC1(C(=O)O)CCCN1Cc1ccc(CO)cc1. The smallest absolute Gasteiger partial charge is 0.324 e. The number of carbonyl (C=O) groups is 1. The Morgan fingerprint density at radius 2 is 1.95 bits per heavy atom. The number of aliphatic hydroxyl groups is 1. The number of aliphatic carboxylic acids is 1. The third kappa shape index (κ3) is 2.86. The van der Waals surface area contributed by atoms with Gasteiger partial charge in [-0.25, -0.2) is 0 Å².